The van der Waals surface area contributed by atoms with Crippen LogP contribution in [0.5, 0.6) is 5.75 Å². The second-order valence-corrected chi connectivity index (χ2v) is 7.34. The van der Waals surface area contributed by atoms with Gasteiger partial charge in [-0.1, -0.05) is 12.1 Å². The van der Waals surface area contributed by atoms with Gasteiger partial charge in [0.2, 0.25) is 0 Å². The first-order valence-corrected chi connectivity index (χ1v) is 9.44. The van der Waals surface area contributed by atoms with Crippen LogP contribution in [0.2, 0.25) is 0 Å². The SMILES string of the molecule is COc1ccccc1NS(=O)(=O)c1ccc(NC(=O)c2ccn(C)n2)cc1. The molecule has 1 heterocycles. The molecule has 0 unspecified atom stereocenters. The van der Waals surface area contributed by atoms with Crippen molar-refractivity contribution in [2.75, 3.05) is 17.1 Å². The second-order valence-electron chi connectivity index (χ2n) is 5.66. The van der Waals surface area contributed by atoms with Crippen LogP contribution in [0.1, 0.15) is 10.5 Å². The highest BCUT2D eigenvalue weighted by atomic mass is 32.2. The lowest BCUT2D eigenvalue weighted by Gasteiger charge is -2.12. The number of carbonyl (C=O) groups is 1. The molecule has 0 saturated carbocycles. The van der Waals surface area contributed by atoms with Crippen LogP contribution in [0.15, 0.2) is 65.7 Å². The van der Waals surface area contributed by atoms with E-state index in [4.69, 9.17) is 4.74 Å². The molecule has 0 aliphatic rings. The summed E-state index contributed by atoms with van der Waals surface area (Å²) in [5.41, 5.74) is 1.07. The summed E-state index contributed by atoms with van der Waals surface area (Å²) in [5.74, 6) is 0.0404. The lowest BCUT2D eigenvalue weighted by molar-refractivity contribution is 0.102. The van der Waals surface area contributed by atoms with Crippen molar-refractivity contribution in [1.82, 2.24) is 9.78 Å². The van der Waals surface area contributed by atoms with Crippen molar-refractivity contribution in [3.63, 3.8) is 0 Å². The summed E-state index contributed by atoms with van der Waals surface area (Å²) in [4.78, 5) is 12.1. The van der Waals surface area contributed by atoms with Gasteiger partial charge in [0.15, 0.2) is 5.69 Å². The average Bonchev–Trinajstić information content (AvgIpc) is 3.09. The minimum Gasteiger partial charge on any atom is -0.495 e. The molecule has 3 rings (SSSR count). The number of nitrogens with one attached hydrogen (secondary N) is 2. The number of methoxy groups -OCH3 is 1. The topological polar surface area (TPSA) is 102 Å². The number of sulfonamides is 1. The van der Waals surface area contributed by atoms with Crippen LogP contribution in [-0.4, -0.2) is 31.2 Å². The van der Waals surface area contributed by atoms with Crippen LogP contribution in [0.4, 0.5) is 11.4 Å². The summed E-state index contributed by atoms with van der Waals surface area (Å²) in [6.07, 6.45) is 1.66. The van der Waals surface area contributed by atoms with E-state index in [9.17, 15) is 13.2 Å². The number of ether oxygens (including phenoxy) is 1. The molecule has 1 amide bonds. The van der Waals surface area contributed by atoms with Crippen molar-refractivity contribution in [1.29, 1.82) is 0 Å². The summed E-state index contributed by atoms with van der Waals surface area (Å²) in [6.45, 7) is 0. The van der Waals surface area contributed by atoms with Crippen molar-refractivity contribution >= 4 is 27.3 Å². The van der Waals surface area contributed by atoms with Gasteiger partial charge >= 0.3 is 0 Å². The van der Waals surface area contributed by atoms with Gasteiger partial charge in [0, 0.05) is 18.9 Å². The van der Waals surface area contributed by atoms with E-state index in [1.54, 1.807) is 43.6 Å². The minimum atomic E-state index is -3.80. The maximum absolute atomic E-state index is 12.6. The second kappa shape index (κ2) is 7.50. The van der Waals surface area contributed by atoms with Crippen LogP contribution >= 0.6 is 0 Å². The number of carbonyl (C=O) groups excluding carboxylic acids is 1. The van der Waals surface area contributed by atoms with Crippen LogP contribution in [0.25, 0.3) is 0 Å². The Bertz CT molecular complexity index is 1060. The van der Waals surface area contributed by atoms with Crippen LogP contribution in [0.3, 0.4) is 0 Å². The number of anilines is 2. The lowest BCUT2D eigenvalue weighted by Crippen LogP contribution is -2.15. The normalized spacial score (nSPS) is 11.0. The van der Waals surface area contributed by atoms with Gasteiger partial charge < -0.3 is 10.1 Å². The van der Waals surface area contributed by atoms with Gasteiger partial charge in [-0.2, -0.15) is 5.10 Å². The Labute approximate surface area is 156 Å². The van der Waals surface area contributed by atoms with Crippen molar-refractivity contribution < 1.29 is 17.9 Å². The number of para-hydroxylation sites is 2. The van der Waals surface area contributed by atoms with E-state index in [0.717, 1.165) is 0 Å². The highest BCUT2D eigenvalue weighted by Gasteiger charge is 2.17. The number of rotatable bonds is 6. The Morgan fingerprint density at radius 2 is 1.78 bits per heavy atom. The molecule has 0 fully saturated rings. The number of nitrogens with zero attached hydrogens (tertiary/aromatic N) is 2. The molecule has 2 N–H and O–H groups in total. The minimum absolute atomic E-state index is 0.0595. The third-order valence-corrected chi connectivity index (χ3v) is 5.10. The summed E-state index contributed by atoms with van der Waals surface area (Å²) in [6, 6.07) is 14.1. The fraction of sp³-hybridized carbons (Fsp3) is 0.111. The molecular formula is C18H18N4O4S. The molecular weight excluding hydrogens is 368 g/mol. The van der Waals surface area contributed by atoms with Gasteiger partial charge in [-0.25, -0.2) is 8.42 Å². The number of amides is 1. The zero-order chi connectivity index (χ0) is 19.4. The molecule has 2 aromatic carbocycles. The Balaban J connectivity index is 1.75. The van der Waals surface area contributed by atoms with E-state index in [1.807, 2.05) is 0 Å². The van der Waals surface area contributed by atoms with Gasteiger partial charge in [0.05, 0.1) is 17.7 Å². The maximum atomic E-state index is 12.6. The van der Waals surface area contributed by atoms with Gasteiger partial charge in [-0.05, 0) is 42.5 Å². The zero-order valence-corrected chi connectivity index (χ0v) is 15.5. The van der Waals surface area contributed by atoms with Crippen LogP contribution < -0.4 is 14.8 Å². The van der Waals surface area contributed by atoms with Crippen LogP contribution in [0, 0.1) is 0 Å². The van der Waals surface area contributed by atoms with Gasteiger partial charge in [-0.15, -0.1) is 0 Å². The summed E-state index contributed by atoms with van der Waals surface area (Å²) >= 11 is 0. The molecule has 0 radical (unpaired) electrons. The highest BCUT2D eigenvalue weighted by molar-refractivity contribution is 7.92. The summed E-state index contributed by atoms with van der Waals surface area (Å²) in [5, 5.41) is 6.68. The largest absolute Gasteiger partial charge is 0.495 e. The number of benzene rings is 2. The maximum Gasteiger partial charge on any atom is 0.276 e. The van der Waals surface area contributed by atoms with Crippen molar-refractivity contribution in [2.24, 2.45) is 7.05 Å². The Morgan fingerprint density at radius 3 is 2.41 bits per heavy atom. The molecule has 0 aliphatic heterocycles. The molecule has 0 bridgehead atoms. The number of hydrogen-bond acceptors (Lipinski definition) is 5. The van der Waals surface area contributed by atoms with Gasteiger partial charge in [0.1, 0.15) is 5.75 Å². The van der Waals surface area contributed by atoms with Gasteiger partial charge in [0.25, 0.3) is 15.9 Å². The molecule has 9 heteroatoms. The molecule has 140 valence electrons. The predicted octanol–water partition coefficient (Wildman–Crippen LogP) is 2.48. The fourth-order valence-corrected chi connectivity index (χ4v) is 3.45. The molecule has 1 aromatic heterocycles. The van der Waals surface area contributed by atoms with Crippen molar-refractivity contribution in [3.8, 4) is 5.75 Å². The van der Waals surface area contributed by atoms with Crippen molar-refractivity contribution in [2.45, 2.75) is 4.90 Å². The number of aromatic nitrogens is 2. The zero-order valence-electron chi connectivity index (χ0n) is 14.7. The monoisotopic (exact) mass is 386 g/mol. The first kappa shape index (κ1) is 18.5. The van der Waals surface area contributed by atoms with E-state index in [0.29, 0.717) is 17.1 Å². The molecule has 0 atom stereocenters. The average molecular weight is 386 g/mol. The van der Waals surface area contributed by atoms with Gasteiger partial charge in [-0.3, -0.25) is 14.2 Å². The molecule has 8 nitrogen and oxygen atoms in total. The molecule has 27 heavy (non-hydrogen) atoms. The Kier molecular flexibility index (Phi) is 5.13. The first-order chi connectivity index (χ1) is 12.9. The van der Waals surface area contributed by atoms with E-state index < -0.39 is 10.0 Å². The predicted molar refractivity (Wildman–Crippen MR) is 101 cm³/mol. The van der Waals surface area contributed by atoms with E-state index >= 15 is 0 Å². The van der Waals surface area contributed by atoms with E-state index in [-0.39, 0.29) is 16.5 Å². The molecule has 0 spiro atoms. The lowest BCUT2D eigenvalue weighted by atomic mass is 10.3. The van der Waals surface area contributed by atoms with E-state index in [2.05, 4.69) is 15.1 Å². The molecule has 0 saturated heterocycles. The smallest absolute Gasteiger partial charge is 0.276 e. The number of hydrogen-bond donors (Lipinski definition) is 2. The van der Waals surface area contributed by atoms with E-state index in [1.165, 1.54) is 36.1 Å². The van der Waals surface area contributed by atoms with Crippen molar-refractivity contribution in [3.05, 3.63) is 66.5 Å². The Hall–Kier alpha value is -3.33. The Morgan fingerprint density at radius 1 is 1.07 bits per heavy atom. The third-order valence-electron chi connectivity index (χ3n) is 3.72. The summed E-state index contributed by atoms with van der Waals surface area (Å²) in [7, 11) is -0.620. The molecule has 3 aromatic rings. The standard InChI is InChI=1S/C18H18N4O4S/c1-22-12-11-16(20-22)18(23)19-13-7-9-14(10-8-13)27(24,25)21-15-5-3-4-6-17(15)26-2/h3-12,21H,1-2H3,(H,19,23). The van der Waals surface area contributed by atoms with Crippen LogP contribution in [-0.2, 0) is 17.1 Å². The highest BCUT2D eigenvalue weighted by Crippen LogP contribution is 2.26. The molecule has 0 aliphatic carbocycles. The first-order valence-electron chi connectivity index (χ1n) is 7.96. The third kappa shape index (κ3) is 4.26. The summed E-state index contributed by atoms with van der Waals surface area (Å²) < 4.78 is 34.3. The quantitative estimate of drug-likeness (QED) is 0.678. The fourth-order valence-electron chi connectivity index (χ4n) is 2.38. The number of aryl methyl sites for hydroxylation is 1.